The van der Waals surface area contributed by atoms with E-state index in [2.05, 4.69) is 4.90 Å². The average molecular weight is 423 g/mol. The molecular weight excluding hydrogens is 397 g/mol. The number of hydrogen-bond acceptors (Lipinski definition) is 5. The molecular formula is C24H26FN3O3. The van der Waals surface area contributed by atoms with E-state index in [1.165, 1.54) is 11.6 Å². The topological polar surface area (TPSA) is 65.8 Å². The highest BCUT2D eigenvalue weighted by Crippen LogP contribution is 2.37. The van der Waals surface area contributed by atoms with Gasteiger partial charge in [0.15, 0.2) is 0 Å². The molecule has 1 unspecified atom stereocenters. The van der Waals surface area contributed by atoms with Gasteiger partial charge in [0.05, 0.1) is 17.7 Å². The van der Waals surface area contributed by atoms with Crippen LogP contribution in [0.1, 0.15) is 37.5 Å². The molecule has 6 nitrogen and oxygen atoms in total. The molecule has 1 fully saturated rings. The van der Waals surface area contributed by atoms with Crippen LogP contribution in [-0.2, 0) is 17.8 Å². The zero-order valence-electron chi connectivity index (χ0n) is 18.0. The lowest BCUT2D eigenvalue weighted by Gasteiger charge is -2.39. The molecule has 0 radical (unpaired) electrons. The lowest BCUT2D eigenvalue weighted by Crippen LogP contribution is -2.54. The van der Waals surface area contributed by atoms with Gasteiger partial charge in [0.25, 0.3) is 0 Å². The van der Waals surface area contributed by atoms with E-state index in [1.54, 1.807) is 17.0 Å². The fraction of sp³-hybridized carbons (Fsp3) is 0.417. The van der Waals surface area contributed by atoms with Gasteiger partial charge in [-0.05, 0) is 51.0 Å². The standard InChI is InChI=1S/C24H26FN3O3/c1-24(2,3)31-23(29)27-8-9-28-19(14-27)11-17-6-7-20(12-22(17)28)30-15-18-5-4-16(13-26)10-21(18)25/h4-7,10,12,19H,8-9,11,14-15H2,1-3H3. The molecule has 162 valence electrons. The molecule has 0 spiro atoms. The lowest BCUT2D eigenvalue weighted by molar-refractivity contribution is 0.0217. The van der Waals surface area contributed by atoms with Crippen molar-refractivity contribution in [1.82, 2.24) is 4.90 Å². The third kappa shape index (κ3) is 4.58. The van der Waals surface area contributed by atoms with E-state index in [0.717, 1.165) is 18.7 Å². The number of nitriles is 1. The predicted octanol–water partition coefficient (Wildman–Crippen LogP) is 4.26. The van der Waals surface area contributed by atoms with Crippen LogP contribution in [0.5, 0.6) is 5.75 Å². The van der Waals surface area contributed by atoms with Crippen molar-refractivity contribution in [2.24, 2.45) is 0 Å². The van der Waals surface area contributed by atoms with Crippen LogP contribution in [0.3, 0.4) is 0 Å². The SMILES string of the molecule is CC(C)(C)OC(=O)N1CCN2c3cc(OCc4ccc(C#N)cc4F)ccc3CC2C1. The summed E-state index contributed by atoms with van der Waals surface area (Å²) in [6.45, 7) is 7.66. The largest absolute Gasteiger partial charge is 0.489 e. The summed E-state index contributed by atoms with van der Waals surface area (Å²) in [6.07, 6.45) is 0.593. The van der Waals surface area contributed by atoms with Gasteiger partial charge in [-0.15, -0.1) is 0 Å². The fourth-order valence-electron chi connectivity index (χ4n) is 4.06. The Balaban J connectivity index is 1.41. The Labute approximate surface area is 181 Å². The third-order valence-electron chi connectivity index (χ3n) is 5.53. The van der Waals surface area contributed by atoms with Crippen molar-refractivity contribution in [3.05, 3.63) is 58.9 Å². The van der Waals surface area contributed by atoms with Crippen LogP contribution in [0.15, 0.2) is 36.4 Å². The van der Waals surface area contributed by atoms with Crippen molar-refractivity contribution in [3.8, 4) is 11.8 Å². The van der Waals surface area contributed by atoms with E-state index >= 15 is 0 Å². The summed E-state index contributed by atoms with van der Waals surface area (Å²) in [6, 6.07) is 12.4. The first-order valence-electron chi connectivity index (χ1n) is 10.4. The first kappa shape index (κ1) is 21.0. The summed E-state index contributed by atoms with van der Waals surface area (Å²) in [4.78, 5) is 16.5. The van der Waals surface area contributed by atoms with E-state index in [4.69, 9.17) is 14.7 Å². The van der Waals surface area contributed by atoms with Gasteiger partial charge in [-0.2, -0.15) is 5.26 Å². The Kier molecular flexibility index (Phi) is 5.48. The number of fused-ring (bicyclic) bond motifs is 3. The molecule has 2 heterocycles. The summed E-state index contributed by atoms with van der Waals surface area (Å²) in [5.41, 5.74) is 2.51. The van der Waals surface area contributed by atoms with Crippen LogP contribution in [-0.4, -0.2) is 42.3 Å². The maximum absolute atomic E-state index is 14.1. The summed E-state index contributed by atoms with van der Waals surface area (Å²) in [5.74, 6) is 0.219. The third-order valence-corrected chi connectivity index (χ3v) is 5.53. The molecule has 31 heavy (non-hydrogen) atoms. The van der Waals surface area contributed by atoms with Gasteiger partial charge >= 0.3 is 6.09 Å². The van der Waals surface area contributed by atoms with Crippen molar-refractivity contribution in [3.63, 3.8) is 0 Å². The molecule has 2 aliphatic rings. The minimum Gasteiger partial charge on any atom is -0.489 e. The molecule has 0 aliphatic carbocycles. The fourth-order valence-corrected chi connectivity index (χ4v) is 4.06. The first-order valence-corrected chi connectivity index (χ1v) is 10.4. The molecule has 0 saturated carbocycles. The Morgan fingerprint density at radius 3 is 2.74 bits per heavy atom. The number of nitrogens with zero attached hydrogens (tertiary/aromatic N) is 3. The van der Waals surface area contributed by atoms with Crippen LogP contribution in [0.4, 0.5) is 14.9 Å². The Hall–Kier alpha value is -3.27. The van der Waals surface area contributed by atoms with Crippen LogP contribution < -0.4 is 9.64 Å². The van der Waals surface area contributed by atoms with Crippen molar-refractivity contribution < 1.29 is 18.7 Å². The highest BCUT2D eigenvalue weighted by atomic mass is 19.1. The number of benzene rings is 2. The van der Waals surface area contributed by atoms with Gasteiger partial charge in [0, 0.05) is 37.0 Å². The number of amides is 1. The summed E-state index contributed by atoms with van der Waals surface area (Å²) < 4.78 is 25.5. The number of hydrogen-bond donors (Lipinski definition) is 0. The summed E-state index contributed by atoms with van der Waals surface area (Å²) in [5, 5.41) is 8.86. The molecule has 2 aliphatic heterocycles. The number of carbonyl (C=O) groups is 1. The van der Waals surface area contributed by atoms with Gasteiger partial charge < -0.3 is 19.3 Å². The number of carbonyl (C=O) groups excluding carboxylic acids is 1. The molecule has 1 saturated heterocycles. The number of ether oxygens (including phenoxy) is 2. The zero-order valence-corrected chi connectivity index (χ0v) is 18.0. The number of halogens is 1. The second-order valence-corrected chi connectivity index (χ2v) is 8.97. The van der Waals surface area contributed by atoms with Gasteiger partial charge in [-0.3, -0.25) is 0 Å². The molecule has 2 aromatic rings. The van der Waals surface area contributed by atoms with Crippen molar-refractivity contribution in [1.29, 1.82) is 5.26 Å². The Morgan fingerprint density at radius 2 is 2.03 bits per heavy atom. The van der Waals surface area contributed by atoms with Gasteiger partial charge in [0.1, 0.15) is 23.8 Å². The second-order valence-electron chi connectivity index (χ2n) is 8.97. The maximum atomic E-state index is 14.1. The second kappa shape index (κ2) is 8.10. The van der Waals surface area contributed by atoms with Crippen molar-refractivity contribution in [2.75, 3.05) is 24.5 Å². The maximum Gasteiger partial charge on any atom is 0.410 e. The first-order chi connectivity index (χ1) is 14.7. The summed E-state index contributed by atoms with van der Waals surface area (Å²) >= 11 is 0. The Bertz CT molecular complexity index is 1040. The molecule has 0 aromatic heterocycles. The number of anilines is 1. The molecule has 2 aromatic carbocycles. The quantitative estimate of drug-likeness (QED) is 0.738. The summed E-state index contributed by atoms with van der Waals surface area (Å²) in [7, 11) is 0. The van der Waals surface area contributed by atoms with E-state index in [-0.39, 0.29) is 24.3 Å². The predicted molar refractivity (Wildman–Crippen MR) is 115 cm³/mol. The minimum atomic E-state index is -0.506. The van der Waals surface area contributed by atoms with E-state index in [1.807, 2.05) is 45.0 Å². The van der Waals surface area contributed by atoms with E-state index < -0.39 is 11.4 Å². The molecule has 7 heteroatoms. The molecule has 1 amide bonds. The molecule has 1 atom stereocenters. The van der Waals surface area contributed by atoms with Gasteiger partial charge in [0.2, 0.25) is 0 Å². The zero-order chi connectivity index (χ0) is 22.2. The van der Waals surface area contributed by atoms with Gasteiger partial charge in [-0.25, -0.2) is 9.18 Å². The number of piperazine rings is 1. The van der Waals surface area contributed by atoms with Crippen molar-refractivity contribution >= 4 is 11.8 Å². The molecule has 0 N–H and O–H groups in total. The van der Waals surface area contributed by atoms with Crippen LogP contribution in [0.2, 0.25) is 0 Å². The van der Waals surface area contributed by atoms with E-state index in [0.29, 0.717) is 24.4 Å². The smallest absolute Gasteiger partial charge is 0.410 e. The molecule has 4 rings (SSSR count). The highest BCUT2D eigenvalue weighted by molar-refractivity contribution is 5.70. The average Bonchev–Trinajstić information content (AvgIpc) is 3.08. The normalized spacial score (nSPS) is 17.6. The monoisotopic (exact) mass is 423 g/mol. The highest BCUT2D eigenvalue weighted by Gasteiger charge is 2.37. The lowest BCUT2D eigenvalue weighted by atomic mass is 10.1. The van der Waals surface area contributed by atoms with E-state index in [9.17, 15) is 9.18 Å². The van der Waals surface area contributed by atoms with Crippen LogP contribution in [0.25, 0.3) is 0 Å². The van der Waals surface area contributed by atoms with Crippen LogP contribution >= 0.6 is 0 Å². The van der Waals surface area contributed by atoms with Crippen LogP contribution in [0, 0.1) is 17.1 Å². The number of rotatable bonds is 3. The molecule has 0 bridgehead atoms. The Morgan fingerprint density at radius 1 is 1.23 bits per heavy atom. The minimum absolute atomic E-state index is 0.0895. The van der Waals surface area contributed by atoms with Gasteiger partial charge in [-0.1, -0.05) is 12.1 Å². The van der Waals surface area contributed by atoms with Crippen molar-refractivity contribution in [2.45, 2.75) is 45.4 Å².